The fourth-order valence-corrected chi connectivity index (χ4v) is 3.29. The average molecular weight is 304 g/mol. The minimum absolute atomic E-state index is 0.00131. The molecule has 118 valence electrons. The molecule has 1 amide bonds. The lowest BCUT2D eigenvalue weighted by atomic mass is 10.1. The Kier molecular flexibility index (Phi) is 6.95. The standard InChI is InChI=1S/C14H28N2O3S/c1-4-7-9-12-14(17)16(13(15-12)8-5-2)10-11-20(18,19)6-3/h12-13,15H,4-11H2,1-3H3. The van der Waals surface area contributed by atoms with Crippen molar-refractivity contribution >= 4 is 15.7 Å². The quantitative estimate of drug-likeness (QED) is 0.701. The van der Waals surface area contributed by atoms with E-state index in [2.05, 4.69) is 19.2 Å². The van der Waals surface area contributed by atoms with Crippen LogP contribution in [0.5, 0.6) is 0 Å². The van der Waals surface area contributed by atoms with E-state index in [1.165, 1.54) is 0 Å². The molecule has 1 heterocycles. The maximum Gasteiger partial charge on any atom is 0.241 e. The van der Waals surface area contributed by atoms with Gasteiger partial charge in [0.25, 0.3) is 0 Å². The summed E-state index contributed by atoms with van der Waals surface area (Å²) in [5, 5.41) is 3.36. The second kappa shape index (κ2) is 7.98. The molecule has 0 saturated carbocycles. The molecule has 20 heavy (non-hydrogen) atoms. The Bertz CT molecular complexity index is 409. The Morgan fingerprint density at radius 1 is 1.15 bits per heavy atom. The molecule has 0 aromatic carbocycles. The number of hydrogen-bond acceptors (Lipinski definition) is 4. The summed E-state index contributed by atoms with van der Waals surface area (Å²) in [5.41, 5.74) is 0. The number of hydrogen-bond donors (Lipinski definition) is 1. The van der Waals surface area contributed by atoms with Crippen molar-refractivity contribution in [1.82, 2.24) is 10.2 Å². The van der Waals surface area contributed by atoms with E-state index in [1.54, 1.807) is 11.8 Å². The van der Waals surface area contributed by atoms with Gasteiger partial charge in [-0.15, -0.1) is 0 Å². The molecule has 2 atom stereocenters. The van der Waals surface area contributed by atoms with Crippen LogP contribution in [0.1, 0.15) is 52.9 Å². The first kappa shape index (κ1) is 17.4. The van der Waals surface area contributed by atoms with E-state index in [0.717, 1.165) is 32.1 Å². The van der Waals surface area contributed by atoms with Crippen molar-refractivity contribution in [2.75, 3.05) is 18.1 Å². The number of carbonyl (C=O) groups excluding carboxylic acids is 1. The summed E-state index contributed by atoms with van der Waals surface area (Å²) in [7, 11) is -3.02. The van der Waals surface area contributed by atoms with Gasteiger partial charge < -0.3 is 4.90 Å². The lowest BCUT2D eigenvalue weighted by Gasteiger charge is -2.23. The predicted octanol–water partition coefficient (Wildman–Crippen LogP) is 1.54. The van der Waals surface area contributed by atoms with E-state index in [0.29, 0.717) is 6.54 Å². The maximum atomic E-state index is 12.4. The van der Waals surface area contributed by atoms with Crippen LogP contribution in [0, 0.1) is 0 Å². The van der Waals surface area contributed by atoms with E-state index in [1.807, 2.05) is 0 Å². The Morgan fingerprint density at radius 3 is 2.40 bits per heavy atom. The first-order valence-corrected chi connectivity index (χ1v) is 9.54. The summed E-state index contributed by atoms with van der Waals surface area (Å²) in [5.74, 6) is 0.279. The summed E-state index contributed by atoms with van der Waals surface area (Å²) in [6.07, 6.45) is 4.77. The van der Waals surface area contributed by atoms with Crippen molar-refractivity contribution in [3.63, 3.8) is 0 Å². The number of carbonyl (C=O) groups is 1. The van der Waals surface area contributed by atoms with Crippen LogP contribution < -0.4 is 5.32 Å². The lowest BCUT2D eigenvalue weighted by Crippen LogP contribution is -2.40. The molecule has 1 aliphatic heterocycles. The summed E-state index contributed by atoms with van der Waals surface area (Å²) in [6.45, 7) is 6.14. The van der Waals surface area contributed by atoms with Crippen molar-refractivity contribution < 1.29 is 13.2 Å². The summed E-state index contributed by atoms with van der Waals surface area (Å²) in [4.78, 5) is 14.1. The third-order valence-corrected chi connectivity index (χ3v) is 5.53. The molecular formula is C14H28N2O3S. The van der Waals surface area contributed by atoms with Crippen molar-refractivity contribution in [1.29, 1.82) is 0 Å². The number of nitrogens with one attached hydrogen (secondary N) is 1. The highest BCUT2D eigenvalue weighted by atomic mass is 32.2. The highest BCUT2D eigenvalue weighted by molar-refractivity contribution is 7.91. The van der Waals surface area contributed by atoms with Gasteiger partial charge in [0, 0.05) is 12.3 Å². The molecule has 1 N–H and O–H groups in total. The van der Waals surface area contributed by atoms with Crippen LogP contribution in [0.2, 0.25) is 0 Å². The third kappa shape index (κ3) is 4.74. The van der Waals surface area contributed by atoms with Gasteiger partial charge in [0.05, 0.1) is 18.0 Å². The van der Waals surface area contributed by atoms with E-state index in [4.69, 9.17) is 0 Å². The average Bonchev–Trinajstić information content (AvgIpc) is 2.71. The Morgan fingerprint density at radius 2 is 1.85 bits per heavy atom. The summed E-state index contributed by atoms with van der Waals surface area (Å²) < 4.78 is 23.2. The van der Waals surface area contributed by atoms with E-state index in [9.17, 15) is 13.2 Å². The second-order valence-electron chi connectivity index (χ2n) is 5.43. The molecule has 1 aliphatic rings. The van der Waals surface area contributed by atoms with Crippen LogP contribution >= 0.6 is 0 Å². The Balaban J connectivity index is 2.66. The zero-order chi connectivity index (χ0) is 15.2. The lowest BCUT2D eigenvalue weighted by molar-refractivity contribution is -0.130. The van der Waals surface area contributed by atoms with Crippen LogP contribution in [0.4, 0.5) is 0 Å². The monoisotopic (exact) mass is 304 g/mol. The SMILES string of the molecule is CCCCC1NC(CCC)N(CCS(=O)(=O)CC)C1=O. The van der Waals surface area contributed by atoms with Gasteiger partial charge in [-0.25, -0.2) is 8.42 Å². The topological polar surface area (TPSA) is 66.5 Å². The molecule has 0 spiro atoms. The second-order valence-corrected chi connectivity index (χ2v) is 7.91. The molecule has 2 unspecified atom stereocenters. The first-order valence-electron chi connectivity index (χ1n) is 7.72. The number of sulfone groups is 1. The molecule has 0 bridgehead atoms. The van der Waals surface area contributed by atoms with Crippen molar-refractivity contribution in [3.8, 4) is 0 Å². The first-order chi connectivity index (χ1) is 9.45. The maximum absolute atomic E-state index is 12.4. The zero-order valence-corrected chi connectivity index (χ0v) is 13.7. The largest absolute Gasteiger partial charge is 0.325 e. The summed E-state index contributed by atoms with van der Waals surface area (Å²) >= 11 is 0. The molecule has 0 aromatic heterocycles. The van der Waals surface area contributed by atoms with Crippen LogP contribution in [0.25, 0.3) is 0 Å². The molecule has 1 rings (SSSR count). The van der Waals surface area contributed by atoms with Gasteiger partial charge in [0.1, 0.15) is 0 Å². The van der Waals surface area contributed by atoms with Crippen molar-refractivity contribution in [2.24, 2.45) is 0 Å². The molecular weight excluding hydrogens is 276 g/mol. The molecule has 0 aliphatic carbocycles. The molecule has 0 aromatic rings. The molecule has 6 heteroatoms. The minimum Gasteiger partial charge on any atom is -0.325 e. The predicted molar refractivity (Wildman–Crippen MR) is 81.2 cm³/mol. The smallest absolute Gasteiger partial charge is 0.241 e. The molecule has 1 saturated heterocycles. The number of nitrogens with zero attached hydrogens (tertiary/aromatic N) is 1. The van der Waals surface area contributed by atoms with Gasteiger partial charge >= 0.3 is 0 Å². The number of unbranched alkanes of at least 4 members (excludes halogenated alkanes) is 1. The molecule has 0 radical (unpaired) electrons. The minimum atomic E-state index is -3.02. The van der Waals surface area contributed by atoms with Gasteiger partial charge in [0.2, 0.25) is 5.91 Å². The Labute approximate surface area is 123 Å². The zero-order valence-electron chi connectivity index (χ0n) is 12.9. The summed E-state index contributed by atoms with van der Waals surface area (Å²) in [6, 6.07) is -0.129. The highest BCUT2D eigenvalue weighted by Gasteiger charge is 2.37. The number of rotatable bonds is 9. The molecule has 1 fully saturated rings. The third-order valence-electron chi connectivity index (χ3n) is 3.84. The van der Waals surface area contributed by atoms with Crippen LogP contribution in [0.15, 0.2) is 0 Å². The van der Waals surface area contributed by atoms with Gasteiger partial charge in [-0.05, 0) is 12.8 Å². The fourth-order valence-electron chi connectivity index (χ4n) is 2.52. The van der Waals surface area contributed by atoms with Crippen LogP contribution in [0.3, 0.4) is 0 Å². The van der Waals surface area contributed by atoms with Crippen molar-refractivity contribution in [3.05, 3.63) is 0 Å². The molecule has 5 nitrogen and oxygen atoms in total. The fraction of sp³-hybridized carbons (Fsp3) is 0.929. The highest BCUT2D eigenvalue weighted by Crippen LogP contribution is 2.18. The normalized spacial score (nSPS) is 23.6. The van der Waals surface area contributed by atoms with Crippen molar-refractivity contribution in [2.45, 2.75) is 65.1 Å². The van der Waals surface area contributed by atoms with Crippen LogP contribution in [-0.4, -0.2) is 49.5 Å². The van der Waals surface area contributed by atoms with Gasteiger partial charge in [0.15, 0.2) is 9.84 Å². The van der Waals surface area contributed by atoms with E-state index in [-0.39, 0.29) is 29.6 Å². The van der Waals surface area contributed by atoms with Gasteiger partial charge in [-0.3, -0.25) is 10.1 Å². The van der Waals surface area contributed by atoms with Gasteiger partial charge in [-0.2, -0.15) is 0 Å². The Hall–Kier alpha value is -0.620. The van der Waals surface area contributed by atoms with E-state index < -0.39 is 9.84 Å². The number of amides is 1. The van der Waals surface area contributed by atoms with Gasteiger partial charge in [-0.1, -0.05) is 40.0 Å². The van der Waals surface area contributed by atoms with E-state index >= 15 is 0 Å². The van der Waals surface area contributed by atoms with Crippen LogP contribution in [-0.2, 0) is 14.6 Å².